The highest BCUT2D eigenvalue weighted by Crippen LogP contribution is 2.20. The van der Waals surface area contributed by atoms with E-state index < -0.39 is 12.7 Å². The van der Waals surface area contributed by atoms with Gasteiger partial charge in [-0.3, -0.25) is 9.69 Å². The Hall–Kier alpha value is -2.55. The molecule has 0 atom stereocenters. The topological polar surface area (TPSA) is 58.8 Å². The van der Waals surface area contributed by atoms with Gasteiger partial charge in [0.15, 0.2) is 0 Å². The molecule has 1 amide bonds. The van der Waals surface area contributed by atoms with Gasteiger partial charge in [0.2, 0.25) is 5.91 Å². The van der Waals surface area contributed by atoms with Crippen LogP contribution in [0.5, 0.6) is 5.75 Å². The number of carbonyl (C=O) groups excluding carboxylic acids is 1. The highest BCUT2D eigenvalue weighted by molar-refractivity contribution is 5.78. The van der Waals surface area contributed by atoms with Crippen LogP contribution in [-0.4, -0.2) is 59.8 Å². The quantitative estimate of drug-likeness (QED) is 0.709. The maximum atomic E-state index is 12.6. The lowest BCUT2D eigenvalue weighted by molar-refractivity contribution is -0.145. The van der Waals surface area contributed by atoms with E-state index in [1.807, 2.05) is 26.0 Å². The minimum absolute atomic E-state index is 0.0757. The molecular formula is C21H26F3N3O3. The third-order valence-corrected chi connectivity index (χ3v) is 5.19. The molecule has 9 heteroatoms. The molecule has 0 spiro atoms. The van der Waals surface area contributed by atoms with E-state index in [1.165, 1.54) is 4.90 Å². The number of amides is 1. The number of halogens is 3. The Morgan fingerprint density at radius 1 is 1.13 bits per heavy atom. The van der Waals surface area contributed by atoms with E-state index in [9.17, 15) is 18.0 Å². The van der Waals surface area contributed by atoms with Crippen LogP contribution in [0.4, 0.5) is 13.2 Å². The van der Waals surface area contributed by atoms with Gasteiger partial charge in [-0.15, -0.1) is 0 Å². The first-order valence-electron chi connectivity index (χ1n) is 9.91. The zero-order chi connectivity index (χ0) is 21.7. The minimum Gasteiger partial charge on any atom is -0.489 e. The summed E-state index contributed by atoms with van der Waals surface area (Å²) in [5, 5.41) is 3.89. The SMILES string of the molecule is Cc1noc(C)c1COc1ccc(CC(=O)N2CCCN(CC(F)(F)F)CC2)cc1. The standard InChI is InChI=1S/C21H26F3N3O3/c1-15-19(16(2)30-25-15)13-29-18-6-4-17(5-7-18)12-20(28)27-9-3-8-26(10-11-27)14-21(22,23)24/h4-7H,3,8-14H2,1-2H3. The second-order valence-electron chi connectivity index (χ2n) is 7.54. The Bertz CT molecular complexity index is 830. The number of hydrogen-bond acceptors (Lipinski definition) is 5. The molecule has 0 aliphatic carbocycles. The smallest absolute Gasteiger partial charge is 0.401 e. The van der Waals surface area contributed by atoms with Crippen LogP contribution in [0, 0.1) is 13.8 Å². The Morgan fingerprint density at radius 3 is 2.50 bits per heavy atom. The van der Waals surface area contributed by atoms with E-state index in [2.05, 4.69) is 5.16 Å². The molecule has 1 aliphatic heterocycles. The summed E-state index contributed by atoms with van der Waals surface area (Å²) in [5.41, 5.74) is 2.54. The highest BCUT2D eigenvalue weighted by atomic mass is 19.4. The van der Waals surface area contributed by atoms with Crippen molar-refractivity contribution in [2.24, 2.45) is 0 Å². The molecule has 3 rings (SSSR count). The second-order valence-corrected chi connectivity index (χ2v) is 7.54. The van der Waals surface area contributed by atoms with Gasteiger partial charge in [0.25, 0.3) is 0 Å². The van der Waals surface area contributed by atoms with E-state index in [0.717, 1.165) is 22.6 Å². The summed E-state index contributed by atoms with van der Waals surface area (Å²) >= 11 is 0. The van der Waals surface area contributed by atoms with Crippen LogP contribution in [0.15, 0.2) is 28.8 Å². The van der Waals surface area contributed by atoms with E-state index in [-0.39, 0.29) is 18.9 Å². The van der Waals surface area contributed by atoms with Gasteiger partial charge in [0, 0.05) is 26.2 Å². The van der Waals surface area contributed by atoms with Crippen molar-refractivity contribution < 1.29 is 27.2 Å². The van der Waals surface area contributed by atoms with Gasteiger partial charge in [0.05, 0.1) is 24.2 Å². The summed E-state index contributed by atoms with van der Waals surface area (Å²) in [6, 6.07) is 7.26. The Kier molecular flexibility index (Phi) is 7.02. The zero-order valence-electron chi connectivity index (χ0n) is 17.2. The molecule has 30 heavy (non-hydrogen) atoms. The molecule has 0 N–H and O–H groups in total. The first kappa shape index (κ1) is 22.1. The van der Waals surface area contributed by atoms with E-state index in [0.29, 0.717) is 38.4 Å². The molecule has 2 aromatic rings. The number of nitrogens with zero attached hydrogens (tertiary/aromatic N) is 3. The van der Waals surface area contributed by atoms with E-state index >= 15 is 0 Å². The number of aryl methyl sites for hydroxylation is 2. The summed E-state index contributed by atoms with van der Waals surface area (Å²) in [6.45, 7) is 4.49. The van der Waals surface area contributed by atoms with Crippen molar-refractivity contribution in [2.75, 3.05) is 32.7 Å². The fourth-order valence-corrected chi connectivity index (χ4v) is 3.49. The summed E-state index contributed by atoms with van der Waals surface area (Å²) in [5.74, 6) is 1.32. The van der Waals surface area contributed by atoms with Gasteiger partial charge in [-0.05, 0) is 38.0 Å². The number of benzene rings is 1. The Morgan fingerprint density at radius 2 is 1.87 bits per heavy atom. The fraction of sp³-hybridized carbons (Fsp3) is 0.524. The molecule has 0 saturated carbocycles. The molecule has 1 aliphatic rings. The summed E-state index contributed by atoms with van der Waals surface area (Å²) < 4.78 is 48.6. The lowest BCUT2D eigenvalue weighted by Gasteiger charge is -2.23. The lowest BCUT2D eigenvalue weighted by atomic mass is 10.1. The van der Waals surface area contributed by atoms with Crippen LogP contribution in [-0.2, 0) is 17.8 Å². The summed E-state index contributed by atoms with van der Waals surface area (Å²) in [4.78, 5) is 15.6. The molecule has 6 nitrogen and oxygen atoms in total. The average Bonchev–Trinajstić information content (AvgIpc) is 2.86. The lowest BCUT2D eigenvalue weighted by Crippen LogP contribution is -2.39. The van der Waals surface area contributed by atoms with Crippen molar-refractivity contribution in [3.8, 4) is 5.75 Å². The predicted molar refractivity (Wildman–Crippen MR) is 104 cm³/mol. The largest absolute Gasteiger partial charge is 0.489 e. The fourth-order valence-electron chi connectivity index (χ4n) is 3.49. The average molecular weight is 425 g/mol. The van der Waals surface area contributed by atoms with Crippen molar-refractivity contribution in [3.63, 3.8) is 0 Å². The predicted octanol–water partition coefficient (Wildman–Crippen LogP) is 3.51. The molecule has 1 aromatic carbocycles. The van der Waals surface area contributed by atoms with Gasteiger partial charge in [-0.25, -0.2) is 0 Å². The maximum absolute atomic E-state index is 12.6. The van der Waals surface area contributed by atoms with Gasteiger partial charge in [-0.1, -0.05) is 17.3 Å². The van der Waals surface area contributed by atoms with Crippen LogP contribution >= 0.6 is 0 Å². The van der Waals surface area contributed by atoms with Gasteiger partial charge >= 0.3 is 6.18 Å². The van der Waals surface area contributed by atoms with Crippen LogP contribution in [0.25, 0.3) is 0 Å². The number of carbonyl (C=O) groups is 1. The van der Waals surface area contributed by atoms with Crippen molar-refractivity contribution in [1.82, 2.24) is 15.0 Å². The molecule has 2 heterocycles. The molecule has 0 radical (unpaired) electrons. The highest BCUT2D eigenvalue weighted by Gasteiger charge is 2.31. The third kappa shape index (κ3) is 6.22. The van der Waals surface area contributed by atoms with Crippen LogP contribution in [0.1, 0.15) is 29.0 Å². The number of aromatic nitrogens is 1. The minimum atomic E-state index is -4.21. The van der Waals surface area contributed by atoms with Crippen LogP contribution in [0.2, 0.25) is 0 Å². The molecular weight excluding hydrogens is 399 g/mol. The zero-order valence-corrected chi connectivity index (χ0v) is 17.2. The van der Waals surface area contributed by atoms with Crippen molar-refractivity contribution in [2.45, 2.75) is 39.5 Å². The second kappa shape index (κ2) is 9.51. The number of rotatable bonds is 6. The number of alkyl halides is 3. The Labute approximate surface area is 173 Å². The van der Waals surface area contributed by atoms with Gasteiger partial charge < -0.3 is 14.2 Å². The van der Waals surface area contributed by atoms with E-state index in [4.69, 9.17) is 9.26 Å². The molecule has 0 bridgehead atoms. The van der Waals surface area contributed by atoms with Crippen LogP contribution in [0.3, 0.4) is 0 Å². The summed E-state index contributed by atoms with van der Waals surface area (Å²) in [7, 11) is 0. The maximum Gasteiger partial charge on any atom is 0.401 e. The monoisotopic (exact) mass is 425 g/mol. The summed E-state index contributed by atoms with van der Waals surface area (Å²) in [6.07, 6.45) is -3.46. The number of ether oxygens (including phenoxy) is 1. The molecule has 0 unspecified atom stereocenters. The molecule has 164 valence electrons. The molecule has 1 aromatic heterocycles. The van der Waals surface area contributed by atoms with Gasteiger partial charge in [-0.2, -0.15) is 13.2 Å². The normalized spacial score (nSPS) is 15.8. The first-order chi connectivity index (χ1) is 14.2. The van der Waals surface area contributed by atoms with Crippen molar-refractivity contribution >= 4 is 5.91 Å². The van der Waals surface area contributed by atoms with Crippen molar-refractivity contribution in [3.05, 3.63) is 46.8 Å². The van der Waals surface area contributed by atoms with E-state index in [1.54, 1.807) is 17.0 Å². The van der Waals surface area contributed by atoms with Crippen LogP contribution < -0.4 is 4.74 Å². The molecule has 1 saturated heterocycles. The third-order valence-electron chi connectivity index (χ3n) is 5.19. The Balaban J connectivity index is 1.49. The first-order valence-corrected chi connectivity index (χ1v) is 9.91. The van der Waals surface area contributed by atoms with Crippen molar-refractivity contribution in [1.29, 1.82) is 0 Å². The molecule has 1 fully saturated rings. The number of hydrogen-bond donors (Lipinski definition) is 0. The van der Waals surface area contributed by atoms with Gasteiger partial charge in [0.1, 0.15) is 18.1 Å².